The predicted molar refractivity (Wildman–Crippen MR) is 99.5 cm³/mol. The molecule has 0 unspecified atom stereocenters. The van der Waals surface area contributed by atoms with E-state index in [1.54, 1.807) is 24.3 Å². The maximum absolute atomic E-state index is 11.4. The van der Waals surface area contributed by atoms with E-state index in [0.29, 0.717) is 17.9 Å². The Balaban J connectivity index is 1.82. The highest BCUT2D eigenvalue weighted by Gasteiger charge is 2.09. The van der Waals surface area contributed by atoms with Crippen LogP contribution in [0, 0.1) is 0 Å². The minimum Gasteiger partial charge on any atom is -0.489 e. The molecule has 124 valence electrons. The summed E-state index contributed by atoms with van der Waals surface area (Å²) in [5, 5.41) is 9.39. The Kier molecular flexibility index (Phi) is 5.27. The lowest BCUT2D eigenvalue weighted by Gasteiger charge is -2.09. The van der Waals surface area contributed by atoms with Crippen molar-refractivity contribution >= 4 is 18.1 Å². The maximum atomic E-state index is 11.4. The smallest absolute Gasteiger partial charge is 0.336 e. The van der Waals surface area contributed by atoms with E-state index in [-0.39, 0.29) is 5.56 Å². The van der Waals surface area contributed by atoms with Gasteiger partial charge in [0.05, 0.1) is 5.56 Å². The van der Waals surface area contributed by atoms with Gasteiger partial charge >= 0.3 is 5.97 Å². The second kappa shape index (κ2) is 7.97. The zero-order valence-electron chi connectivity index (χ0n) is 13.6. The Labute approximate surface area is 146 Å². The van der Waals surface area contributed by atoms with E-state index in [2.05, 4.69) is 0 Å². The van der Waals surface area contributed by atoms with Crippen molar-refractivity contribution in [3.8, 4) is 5.75 Å². The summed E-state index contributed by atoms with van der Waals surface area (Å²) in [7, 11) is 0. The summed E-state index contributed by atoms with van der Waals surface area (Å²) >= 11 is 0. The molecule has 0 spiro atoms. The van der Waals surface area contributed by atoms with Crippen molar-refractivity contribution in [2.45, 2.75) is 6.61 Å². The SMILES string of the molecule is O=C(O)c1ccc(OCc2ccccc2)cc1/C=C/c1ccccc1. The number of carbonyl (C=O) groups is 1. The van der Waals surface area contributed by atoms with Gasteiger partial charge in [-0.15, -0.1) is 0 Å². The number of aromatic carboxylic acids is 1. The third-order valence-electron chi connectivity index (χ3n) is 3.76. The number of benzene rings is 3. The quantitative estimate of drug-likeness (QED) is 0.637. The van der Waals surface area contributed by atoms with Crippen molar-refractivity contribution in [3.05, 3.63) is 101 Å². The molecule has 0 amide bonds. The summed E-state index contributed by atoms with van der Waals surface area (Å²) in [5.74, 6) is -0.316. The Bertz CT molecular complexity index is 868. The molecule has 1 N–H and O–H groups in total. The van der Waals surface area contributed by atoms with Crippen LogP contribution in [0.4, 0.5) is 0 Å². The van der Waals surface area contributed by atoms with Gasteiger partial charge in [0.2, 0.25) is 0 Å². The zero-order valence-corrected chi connectivity index (χ0v) is 13.6. The fraction of sp³-hybridized carbons (Fsp3) is 0.0455. The van der Waals surface area contributed by atoms with Crippen LogP contribution in [0.2, 0.25) is 0 Å². The predicted octanol–water partition coefficient (Wildman–Crippen LogP) is 5.13. The highest BCUT2D eigenvalue weighted by Crippen LogP contribution is 2.21. The van der Waals surface area contributed by atoms with E-state index in [9.17, 15) is 9.90 Å². The third-order valence-corrected chi connectivity index (χ3v) is 3.76. The molecule has 0 aromatic heterocycles. The van der Waals surface area contributed by atoms with Gasteiger partial charge in [0.25, 0.3) is 0 Å². The fourth-order valence-electron chi connectivity index (χ4n) is 2.45. The standard InChI is InChI=1S/C22H18O3/c23-22(24)21-14-13-20(25-16-18-9-5-2-6-10-18)15-19(21)12-11-17-7-3-1-4-8-17/h1-15H,16H2,(H,23,24)/b12-11+. The van der Waals surface area contributed by atoms with Crippen LogP contribution in [-0.4, -0.2) is 11.1 Å². The molecular formula is C22H18O3. The number of ether oxygens (including phenoxy) is 1. The lowest BCUT2D eigenvalue weighted by molar-refractivity contribution is 0.0696. The summed E-state index contributed by atoms with van der Waals surface area (Å²) < 4.78 is 5.79. The molecular weight excluding hydrogens is 312 g/mol. The summed E-state index contributed by atoms with van der Waals surface area (Å²) in [6.45, 7) is 0.440. The summed E-state index contributed by atoms with van der Waals surface area (Å²) in [4.78, 5) is 11.4. The number of hydrogen-bond acceptors (Lipinski definition) is 2. The summed E-state index contributed by atoms with van der Waals surface area (Å²) in [6.07, 6.45) is 3.69. The van der Waals surface area contributed by atoms with Crippen LogP contribution in [0.5, 0.6) is 5.75 Å². The molecule has 3 aromatic rings. The second-order valence-corrected chi connectivity index (χ2v) is 5.57. The van der Waals surface area contributed by atoms with Crippen LogP contribution in [0.25, 0.3) is 12.2 Å². The van der Waals surface area contributed by atoms with E-state index in [0.717, 1.165) is 11.1 Å². The van der Waals surface area contributed by atoms with Crippen molar-refractivity contribution in [1.82, 2.24) is 0 Å². The largest absolute Gasteiger partial charge is 0.489 e. The molecule has 25 heavy (non-hydrogen) atoms. The maximum Gasteiger partial charge on any atom is 0.336 e. The van der Waals surface area contributed by atoms with Gasteiger partial charge in [-0.1, -0.05) is 72.8 Å². The van der Waals surface area contributed by atoms with E-state index in [4.69, 9.17) is 4.74 Å². The molecule has 3 rings (SSSR count). The molecule has 3 aromatic carbocycles. The molecule has 0 bridgehead atoms. The van der Waals surface area contributed by atoms with Crippen LogP contribution in [-0.2, 0) is 6.61 Å². The monoisotopic (exact) mass is 330 g/mol. The van der Waals surface area contributed by atoms with Crippen molar-refractivity contribution in [3.63, 3.8) is 0 Å². The lowest BCUT2D eigenvalue weighted by Crippen LogP contribution is -2.01. The number of carboxylic acid groups (broad SMARTS) is 1. The Morgan fingerprint density at radius 1 is 0.880 bits per heavy atom. The van der Waals surface area contributed by atoms with E-state index >= 15 is 0 Å². The summed E-state index contributed by atoms with van der Waals surface area (Å²) in [6, 6.07) is 24.6. The molecule has 0 aliphatic rings. The first-order chi connectivity index (χ1) is 12.2. The van der Waals surface area contributed by atoms with E-state index in [1.807, 2.05) is 66.7 Å². The van der Waals surface area contributed by atoms with Crippen molar-refractivity contribution in [1.29, 1.82) is 0 Å². The first kappa shape index (κ1) is 16.5. The highest BCUT2D eigenvalue weighted by atomic mass is 16.5. The van der Waals surface area contributed by atoms with Gasteiger partial charge in [-0.25, -0.2) is 4.79 Å². The highest BCUT2D eigenvalue weighted by molar-refractivity contribution is 5.93. The van der Waals surface area contributed by atoms with Crippen molar-refractivity contribution in [2.75, 3.05) is 0 Å². The van der Waals surface area contributed by atoms with Gasteiger partial charge in [0.15, 0.2) is 0 Å². The molecule has 3 heteroatoms. The van der Waals surface area contributed by atoms with Gasteiger partial charge in [0, 0.05) is 0 Å². The number of rotatable bonds is 6. The van der Waals surface area contributed by atoms with Gasteiger partial charge in [-0.3, -0.25) is 0 Å². The molecule has 0 saturated carbocycles. The topological polar surface area (TPSA) is 46.5 Å². The molecule has 0 saturated heterocycles. The van der Waals surface area contributed by atoms with Crippen LogP contribution < -0.4 is 4.74 Å². The average Bonchev–Trinajstić information content (AvgIpc) is 2.66. The summed E-state index contributed by atoms with van der Waals surface area (Å²) in [5.41, 5.74) is 2.93. The first-order valence-corrected chi connectivity index (χ1v) is 7.99. The van der Waals surface area contributed by atoms with Crippen LogP contribution in [0.3, 0.4) is 0 Å². The second-order valence-electron chi connectivity index (χ2n) is 5.57. The lowest BCUT2D eigenvalue weighted by atomic mass is 10.1. The van der Waals surface area contributed by atoms with Crippen LogP contribution in [0.15, 0.2) is 78.9 Å². The first-order valence-electron chi connectivity index (χ1n) is 7.99. The van der Waals surface area contributed by atoms with Gasteiger partial charge in [0.1, 0.15) is 12.4 Å². The van der Waals surface area contributed by atoms with Crippen molar-refractivity contribution in [2.24, 2.45) is 0 Å². The molecule has 0 fully saturated rings. The molecule has 0 aliphatic carbocycles. The molecule has 0 radical (unpaired) electrons. The van der Waals surface area contributed by atoms with Gasteiger partial charge < -0.3 is 9.84 Å². The molecule has 0 aliphatic heterocycles. The molecule has 3 nitrogen and oxygen atoms in total. The van der Waals surface area contributed by atoms with Crippen LogP contribution in [0.1, 0.15) is 27.0 Å². The zero-order chi connectivity index (χ0) is 17.5. The minimum atomic E-state index is -0.956. The number of carboxylic acids is 1. The van der Waals surface area contributed by atoms with Crippen LogP contribution >= 0.6 is 0 Å². The minimum absolute atomic E-state index is 0.249. The fourth-order valence-corrected chi connectivity index (χ4v) is 2.45. The van der Waals surface area contributed by atoms with Crippen molar-refractivity contribution < 1.29 is 14.6 Å². The Morgan fingerprint density at radius 2 is 1.56 bits per heavy atom. The molecule has 0 atom stereocenters. The Morgan fingerprint density at radius 3 is 2.24 bits per heavy atom. The van der Waals surface area contributed by atoms with E-state index < -0.39 is 5.97 Å². The average molecular weight is 330 g/mol. The van der Waals surface area contributed by atoms with Gasteiger partial charge in [-0.2, -0.15) is 0 Å². The normalized spacial score (nSPS) is 10.7. The number of hydrogen-bond donors (Lipinski definition) is 1. The molecule has 0 heterocycles. The third kappa shape index (κ3) is 4.58. The Hall–Kier alpha value is -3.33. The van der Waals surface area contributed by atoms with Gasteiger partial charge in [-0.05, 0) is 34.9 Å². The van der Waals surface area contributed by atoms with E-state index in [1.165, 1.54) is 0 Å².